The molecule has 0 bridgehead atoms. The molecule has 1 fully saturated rings. The minimum Gasteiger partial charge on any atom is -0.457 e. The molecule has 1 aliphatic heterocycles. The molecule has 1 amide bonds. The third-order valence-electron chi connectivity index (χ3n) is 3.84. The highest BCUT2D eigenvalue weighted by molar-refractivity contribution is 5.77. The Kier molecular flexibility index (Phi) is 4.23. The Bertz CT molecular complexity index is 718. The van der Waals surface area contributed by atoms with Gasteiger partial charge in [-0.15, -0.1) is 0 Å². The summed E-state index contributed by atoms with van der Waals surface area (Å²) in [5.41, 5.74) is 0.674. The van der Waals surface area contributed by atoms with Gasteiger partial charge in [0.2, 0.25) is 11.9 Å². The Morgan fingerprint density at radius 1 is 1.09 bits per heavy atom. The van der Waals surface area contributed by atoms with E-state index in [4.69, 9.17) is 4.74 Å². The minimum absolute atomic E-state index is 0.164. The Labute approximate surface area is 133 Å². The smallest absolute Gasteiger partial charge is 0.237 e. The fraction of sp³-hybridized carbons (Fsp3) is 0.235. The molecular weight excluding hydrogens is 296 g/mol. The van der Waals surface area contributed by atoms with Crippen molar-refractivity contribution in [2.75, 3.05) is 0 Å². The molecule has 2 aromatic rings. The van der Waals surface area contributed by atoms with Gasteiger partial charge in [0.25, 0.3) is 0 Å². The van der Waals surface area contributed by atoms with Gasteiger partial charge in [-0.2, -0.15) is 0 Å². The van der Waals surface area contributed by atoms with Gasteiger partial charge in [-0.05, 0) is 29.8 Å². The molecule has 118 valence electrons. The summed E-state index contributed by atoms with van der Waals surface area (Å²) in [6.45, 7) is 0. The van der Waals surface area contributed by atoms with Crippen LogP contribution in [-0.4, -0.2) is 16.9 Å². The van der Waals surface area contributed by atoms with Gasteiger partial charge in [-0.1, -0.05) is 30.3 Å². The van der Waals surface area contributed by atoms with Crippen molar-refractivity contribution in [1.82, 2.24) is 5.32 Å². The molecule has 1 saturated heterocycles. The number of nitro groups is 1. The van der Waals surface area contributed by atoms with Crippen LogP contribution in [0.25, 0.3) is 0 Å². The van der Waals surface area contributed by atoms with Gasteiger partial charge in [0.15, 0.2) is 0 Å². The number of hydrogen-bond donors (Lipinski definition) is 1. The van der Waals surface area contributed by atoms with Crippen molar-refractivity contribution in [2.45, 2.75) is 24.9 Å². The van der Waals surface area contributed by atoms with Crippen LogP contribution >= 0.6 is 0 Å². The first-order valence-corrected chi connectivity index (χ1v) is 7.39. The lowest BCUT2D eigenvalue weighted by Crippen LogP contribution is -2.45. The van der Waals surface area contributed by atoms with E-state index in [0.29, 0.717) is 17.1 Å². The topological polar surface area (TPSA) is 81.5 Å². The molecule has 0 spiro atoms. The number of nitrogens with zero attached hydrogens (tertiary/aromatic N) is 1. The molecule has 1 heterocycles. The number of carbonyl (C=O) groups is 1. The molecule has 2 atom stereocenters. The fourth-order valence-corrected chi connectivity index (χ4v) is 2.72. The summed E-state index contributed by atoms with van der Waals surface area (Å²) in [6, 6.07) is 14.9. The third-order valence-corrected chi connectivity index (χ3v) is 3.84. The minimum atomic E-state index is -0.820. The van der Waals surface area contributed by atoms with Crippen molar-refractivity contribution in [3.05, 3.63) is 70.3 Å². The second-order valence-corrected chi connectivity index (χ2v) is 5.42. The molecule has 3 rings (SSSR count). The monoisotopic (exact) mass is 312 g/mol. The maximum absolute atomic E-state index is 11.6. The largest absolute Gasteiger partial charge is 0.457 e. The van der Waals surface area contributed by atoms with E-state index in [1.807, 2.05) is 30.3 Å². The van der Waals surface area contributed by atoms with Gasteiger partial charge in [0, 0.05) is 17.8 Å². The average molecular weight is 312 g/mol. The lowest BCUT2D eigenvalue weighted by Gasteiger charge is -2.27. The first-order valence-electron chi connectivity index (χ1n) is 7.39. The number of carbonyl (C=O) groups excluding carboxylic acids is 1. The standard InChI is InChI=1S/C17H16N2O4/c20-16-10-9-15(19(21)22)17(18-16)12-5-4-8-14(11-12)23-13-6-2-1-3-7-13/h1-8,11,15,17H,9-10H2,(H,18,20). The first kappa shape index (κ1) is 15.0. The number of ether oxygens (including phenoxy) is 1. The molecular formula is C17H16N2O4. The summed E-state index contributed by atoms with van der Waals surface area (Å²) >= 11 is 0. The van der Waals surface area contributed by atoms with E-state index in [1.165, 1.54) is 0 Å². The predicted octanol–water partition coefficient (Wildman–Crippen LogP) is 3.08. The Balaban J connectivity index is 1.85. The van der Waals surface area contributed by atoms with Crippen LogP contribution in [0.2, 0.25) is 0 Å². The number of piperidine rings is 1. The van der Waals surface area contributed by atoms with Gasteiger partial charge in [-0.3, -0.25) is 14.9 Å². The van der Waals surface area contributed by atoms with Crippen LogP contribution < -0.4 is 10.1 Å². The number of hydrogen-bond acceptors (Lipinski definition) is 4. The SMILES string of the molecule is O=C1CCC([N+](=O)[O-])C(c2cccc(Oc3ccccc3)c2)N1. The van der Waals surface area contributed by atoms with Crippen LogP contribution in [0, 0.1) is 10.1 Å². The highest BCUT2D eigenvalue weighted by Gasteiger charge is 2.38. The highest BCUT2D eigenvalue weighted by atomic mass is 16.6. The van der Waals surface area contributed by atoms with E-state index >= 15 is 0 Å². The fourth-order valence-electron chi connectivity index (χ4n) is 2.72. The van der Waals surface area contributed by atoms with Crippen molar-refractivity contribution in [3.8, 4) is 11.5 Å². The first-order chi connectivity index (χ1) is 11.1. The van der Waals surface area contributed by atoms with Gasteiger partial charge >= 0.3 is 0 Å². The van der Waals surface area contributed by atoms with E-state index in [-0.39, 0.29) is 23.7 Å². The van der Waals surface area contributed by atoms with Gasteiger partial charge in [-0.25, -0.2) is 0 Å². The maximum Gasteiger partial charge on any atom is 0.237 e. The molecule has 2 aromatic carbocycles. The Morgan fingerprint density at radius 2 is 1.83 bits per heavy atom. The zero-order valence-electron chi connectivity index (χ0n) is 12.3. The van der Waals surface area contributed by atoms with Crippen LogP contribution in [0.3, 0.4) is 0 Å². The van der Waals surface area contributed by atoms with Crippen LogP contribution in [0.5, 0.6) is 11.5 Å². The summed E-state index contributed by atoms with van der Waals surface area (Å²) in [7, 11) is 0. The van der Waals surface area contributed by atoms with Crippen molar-refractivity contribution in [1.29, 1.82) is 0 Å². The molecule has 0 aromatic heterocycles. The Morgan fingerprint density at radius 3 is 2.57 bits per heavy atom. The van der Waals surface area contributed by atoms with Gasteiger partial charge in [0.1, 0.15) is 17.5 Å². The molecule has 0 aliphatic carbocycles. The van der Waals surface area contributed by atoms with Gasteiger partial charge < -0.3 is 10.1 Å². The summed E-state index contributed by atoms with van der Waals surface area (Å²) < 4.78 is 5.75. The number of nitrogens with one attached hydrogen (secondary N) is 1. The zero-order valence-corrected chi connectivity index (χ0v) is 12.3. The van der Waals surface area contributed by atoms with E-state index in [1.54, 1.807) is 24.3 Å². The molecule has 0 radical (unpaired) electrons. The molecule has 1 aliphatic rings. The number of para-hydroxylation sites is 1. The third kappa shape index (κ3) is 3.48. The van der Waals surface area contributed by atoms with Crippen LogP contribution in [0.1, 0.15) is 24.4 Å². The predicted molar refractivity (Wildman–Crippen MR) is 83.9 cm³/mol. The molecule has 2 unspecified atom stereocenters. The van der Waals surface area contributed by atoms with E-state index in [9.17, 15) is 14.9 Å². The number of amides is 1. The van der Waals surface area contributed by atoms with E-state index < -0.39 is 12.1 Å². The quantitative estimate of drug-likeness (QED) is 0.695. The lowest BCUT2D eigenvalue weighted by atomic mass is 9.92. The van der Waals surface area contributed by atoms with E-state index in [2.05, 4.69) is 5.32 Å². The molecule has 1 N–H and O–H groups in total. The lowest BCUT2D eigenvalue weighted by molar-refractivity contribution is -0.529. The number of rotatable bonds is 4. The molecule has 6 heteroatoms. The van der Waals surface area contributed by atoms with Crippen molar-refractivity contribution in [2.24, 2.45) is 0 Å². The summed E-state index contributed by atoms with van der Waals surface area (Å²) in [6.07, 6.45) is 0.426. The van der Waals surface area contributed by atoms with Crippen molar-refractivity contribution >= 4 is 5.91 Å². The van der Waals surface area contributed by atoms with Crippen LogP contribution in [-0.2, 0) is 4.79 Å². The highest BCUT2D eigenvalue weighted by Crippen LogP contribution is 2.30. The maximum atomic E-state index is 11.6. The summed E-state index contributed by atoms with van der Waals surface area (Å²) in [5.74, 6) is 1.10. The molecule has 23 heavy (non-hydrogen) atoms. The normalized spacial score (nSPS) is 20.6. The number of benzene rings is 2. The zero-order chi connectivity index (χ0) is 16.2. The second kappa shape index (κ2) is 6.48. The summed E-state index contributed by atoms with van der Waals surface area (Å²) in [4.78, 5) is 22.5. The van der Waals surface area contributed by atoms with Crippen molar-refractivity contribution < 1.29 is 14.5 Å². The second-order valence-electron chi connectivity index (χ2n) is 5.42. The average Bonchev–Trinajstić information content (AvgIpc) is 2.55. The molecule has 6 nitrogen and oxygen atoms in total. The van der Waals surface area contributed by atoms with E-state index in [0.717, 1.165) is 0 Å². The summed E-state index contributed by atoms with van der Waals surface area (Å²) in [5, 5.41) is 14.0. The van der Waals surface area contributed by atoms with Crippen molar-refractivity contribution in [3.63, 3.8) is 0 Å². The Hall–Kier alpha value is -2.89. The van der Waals surface area contributed by atoms with Gasteiger partial charge in [0.05, 0.1) is 0 Å². The molecule has 0 saturated carbocycles. The van der Waals surface area contributed by atoms with Crippen LogP contribution in [0.15, 0.2) is 54.6 Å². The van der Waals surface area contributed by atoms with Crippen LogP contribution in [0.4, 0.5) is 0 Å².